The maximum atomic E-state index is 10.7. The second-order valence-electron chi connectivity index (χ2n) is 2.96. The molecule has 2 fully saturated rings. The van der Waals surface area contributed by atoms with Gasteiger partial charge in [0.15, 0.2) is 0 Å². The molecule has 0 aromatic rings. The van der Waals surface area contributed by atoms with Crippen molar-refractivity contribution < 1.29 is 4.79 Å². The van der Waals surface area contributed by atoms with E-state index in [1.807, 2.05) is 11.8 Å². The molecule has 2 saturated heterocycles. The third-order valence-electron chi connectivity index (χ3n) is 2.60. The van der Waals surface area contributed by atoms with Crippen LogP contribution in [0.25, 0.3) is 0 Å². The Labute approximate surface area is 48.5 Å². The van der Waals surface area contributed by atoms with Gasteiger partial charge in [-0.3, -0.25) is 4.79 Å². The summed E-state index contributed by atoms with van der Waals surface area (Å²) >= 11 is 0. The molecule has 0 saturated carbocycles. The van der Waals surface area contributed by atoms with E-state index in [4.69, 9.17) is 0 Å². The van der Waals surface area contributed by atoms with Crippen LogP contribution in [0.5, 0.6) is 0 Å². The van der Waals surface area contributed by atoms with E-state index in [1.54, 1.807) is 0 Å². The Kier molecular flexibility index (Phi) is 0.441. The van der Waals surface area contributed by atoms with Gasteiger partial charge in [-0.25, -0.2) is 0 Å². The van der Waals surface area contributed by atoms with Gasteiger partial charge in [-0.05, 0) is 6.92 Å². The molecule has 0 N–H and O–H groups in total. The molecule has 0 aromatic heterocycles. The van der Waals surface area contributed by atoms with Crippen molar-refractivity contribution >= 4 is 5.91 Å². The van der Waals surface area contributed by atoms with Gasteiger partial charge in [-0.15, -0.1) is 0 Å². The Bertz CT molecular complexity index is 166. The molecule has 0 bridgehead atoms. The number of nitrogens with zero attached hydrogens (tertiary/aromatic N) is 1. The first kappa shape index (κ1) is 4.36. The zero-order valence-corrected chi connectivity index (χ0v) is 5.14. The predicted octanol–water partition coefficient (Wildman–Crippen LogP) is 0.237. The van der Waals surface area contributed by atoms with Crippen LogP contribution in [0.2, 0.25) is 0 Å². The third kappa shape index (κ3) is 0.198. The fraction of sp³-hybridized carbons (Fsp3) is 0.833. The smallest absolute Gasteiger partial charge is 0.249 e. The molecule has 0 radical (unpaired) electrons. The molecule has 2 aliphatic rings. The molecule has 2 heteroatoms. The minimum absolute atomic E-state index is 0. The lowest BCUT2D eigenvalue weighted by Crippen LogP contribution is -2.39. The SMILES string of the molecule is C[C@H]1CN2C(=O)[C@@]12C. The van der Waals surface area contributed by atoms with E-state index in [1.165, 1.54) is 0 Å². The molecule has 2 aliphatic heterocycles. The van der Waals surface area contributed by atoms with Crippen molar-refractivity contribution in [3.8, 4) is 0 Å². The monoisotopic (exact) mass is 111 g/mol. The van der Waals surface area contributed by atoms with Crippen LogP contribution < -0.4 is 0 Å². The van der Waals surface area contributed by atoms with Gasteiger partial charge < -0.3 is 4.90 Å². The summed E-state index contributed by atoms with van der Waals surface area (Å²) in [7, 11) is 0. The number of fused-ring (bicyclic) bond motifs is 1. The minimum atomic E-state index is 0. The number of rotatable bonds is 0. The standard InChI is InChI=1S/C6H9NO/c1-4-3-7-5(8)6(4,7)2/h4H,3H2,1-2H3/t4-,6+,7?/m0/s1. The summed E-state index contributed by atoms with van der Waals surface area (Å²) in [6.07, 6.45) is 0. The second kappa shape index (κ2) is 0.809. The first-order valence-electron chi connectivity index (χ1n) is 2.99. The molecule has 2 heterocycles. The van der Waals surface area contributed by atoms with Gasteiger partial charge in [0.25, 0.3) is 0 Å². The Morgan fingerprint density at radius 2 is 2.50 bits per heavy atom. The largest absolute Gasteiger partial charge is 0.325 e. The normalized spacial score (nSPS) is 50.5. The molecule has 44 valence electrons. The highest BCUT2D eigenvalue weighted by Gasteiger charge is 2.70. The van der Waals surface area contributed by atoms with Crippen LogP contribution in [-0.4, -0.2) is 22.9 Å². The van der Waals surface area contributed by atoms with E-state index in [0.717, 1.165) is 6.54 Å². The third-order valence-corrected chi connectivity index (χ3v) is 2.60. The van der Waals surface area contributed by atoms with Crippen molar-refractivity contribution in [2.45, 2.75) is 19.4 Å². The lowest BCUT2D eigenvalue weighted by Gasteiger charge is -2.28. The Balaban J connectivity index is 2.29. The van der Waals surface area contributed by atoms with Crippen molar-refractivity contribution in [3.63, 3.8) is 0 Å². The van der Waals surface area contributed by atoms with E-state index in [0.29, 0.717) is 11.8 Å². The van der Waals surface area contributed by atoms with Crippen molar-refractivity contribution in [1.82, 2.24) is 4.90 Å². The summed E-state index contributed by atoms with van der Waals surface area (Å²) in [6.45, 7) is 5.14. The summed E-state index contributed by atoms with van der Waals surface area (Å²) < 4.78 is 0. The van der Waals surface area contributed by atoms with E-state index < -0.39 is 0 Å². The highest BCUT2D eigenvalue weighted by Crippen LogP contribution is 2.50. The summed E-state index contributed by atoms with van der Waals surface area (Å²) in [5, 5.41) is 0. The van der Waals surface area contributed by atoms with Crippen LogP contribution in [0.1, 0.15) is 13.8 Å². The molecule has 2 rings (SSSR count). The fourth-order valence-electron chi connectivity index (χ4n) is 1.46. The molecule has 0 unspecified atom stereocenters. The Hall–Kier alpha value is -0.530. The Morgan fingerprint density at radius 1 is 1.88 bits per heavy atom. The number of carbonyl (C=O) groups excluding carboxylic acids is 1. The van der Waals surface area contributed by atoms with Crippen LogP contribution in [-0.2, 0) is 4.79 Å². The van der Waals surface area contributed by atoms with Crippen LogP contribution in [0.15, 0.2) is 0 Å². The summed E-state index contributed by atoms with van der Waals surface area (Å²) in [5.74, 6) is 0.958. The lowest BCUT2D eigenvalue weighted by molar-refractivity contribution is -0.113. The molecule has 0 aliphatic carbocycles. The maximum absolute atomic E-state index is 10.7. The molecule has 8 heavy (non-hydrogen) atoms. The van der Waals surface area contributed by atoms with Crippen LogP contribution in [0.3, 0.4) is 0 Å². The van der Waals surface area contributed by atoms with Gasteiger partial charge in [-0.2, -0.15) is 0 Å². The zero-order chi connectivity index (χ0) is 5.94. The van der Waals surface area contributed by atoms with Gasteiger partial charge in [0.05, 0.1) is 0 Å². The van der Waals surface area contributed by atoms with Gasteiger partial charge in [0.1, 0.15) is 5.54 Å². The summed E-state index contributed by atoms with van der Waals surface area (Å²) in [5.41, 5.74) is 0. The molecule has 0 spiro atoms. The van der Waals surface area contributed by atoms with Crippen LogP contribution >= 0.6 is 0 Å². The topological polar surface area (TPSA) is 20.1 Å². The van der Waals surface area contributed by atoms with Crippen molar-refractivity contribution in [3.05, 3.63) is 0 Å². The highest BCUT2D eigenvalue weighted by atomic mass is 16.2. The average Bonchev–Trinajstić information content (AvgIpc) is 2.15. The molecular formula is C6H9NO. The number of hydrogen-bond acceptors (Lipinski definition) is 1. The van der Waals surface area contributed by atoms with Crippen molar-refractivity contribution in [2.75, 3.05) is 6.54 Å². The second-order valence-corrected chi connectivity index (χ2v) is 2.96. The fourth-order valence-corrected chi connectivity index (χ4v) is 1.46. The highest BCUT2D eigenvalue weighted by molar-refractivity contribution is 6.04. The van der Waals surface area contributed by atoms with Crippen LogP contribution in [0.4, 0.5) is 0 Å². The maximum Gasteiger partial charge on any atom is 0.249 e. The van der Waals surface area contributed by atoms with E-state index in [-0.39, 0.29) is 5.54 Å². The lowest BCUT2D eigenvalue weighted by atomic mass is 9.90. The van der Waals surface area contributed by atoms with Crippen molar-refractivity contribution in [2.24, 2.45) is 5.92 Å². The van der Waals surface area contributed by atoms with Gasteiger partial charge >= 0.3 is 0 Å². The molecular weight excluding hydrogens is 102 g/mol. The summed E-state index contributed by atoms with van der Waals surface area (Å²) in [4.78, 5) is 12.7. The molecule has 1 amide bonds. The van der Waals surface area contributed by atoms with E-state index in [9.17, 15) is 4.79 Å². The van der Waals surface area contributed by atoms with Gasteiger partial charge in [0, 0.05) is 12.5 Å². The van der Waals surface area contributed by atoms with E-state index >= 15 is 0 Å². The first-order chi connectivity index (χ1) is 3.67. The van der Waals surface area contributed by atoms with Crippen molar-refractivity contribution in [1.29, 1.82) is 0 Å². The number of carbonyl (C=O) groups is 1. The first-order valence-corrected chi connectivity index (χ1v) is 2.99. The molecule has 2 nitrogen and oxygen atoms in total. The average molecular weight is 111 g/mol. The Morgan fingerprint density at radius 3 is 2.50 bits per heavy atom. The van der Waals surface area contributed by atoms with Crippen LogP contribution in [0, 0.1) is 5.92 Å². The van der Waals surface area contributed by atoms with E-state index in [2.05, 4.69) is 6.92 Å². The quantitative estimate of drug-likeness (QED) is 0.410. The number of amides is 1. The zero-order valence-electron chi connectivity index (χ0n) is 5.14. The minimum Gasteiger partial charge on any atom is -0.325 e. The summed E-state index contributed by atoms with van der Waals surface area (Å²) in [6, 6.07) is 0. The molecule has 2 atom stereocenters. The van der Waals surface area contributed by atoms with Gasteiger partial charge in [-0.1, -0.05) is 6.92 Å². The van der Waals surface area contributed by atoms with Gasteiger partial charge in [0.2, 0.25) is 5.91 Å². The predicted molar refractivity (Wildman–Crippen MR) is 29.3 cm³/mol. The molecule has 0 aromatic carbocycles. The number of hydrogen-bond donors (Lipinski definition) is 0.